The summed E-state index contributed by atoms with van der Waals surface area (Å²) in [6.45, 7) is 1.81. The first-order chi connectivity index (χ1) is 19.3. The normalized spacial score (nSPS) is 12.1. The number of amides is 1. The number of nitrogens with one attached hydrogen (secondary N) is 1. The van der Waals surface area contributed by atoms with Gasteiger partial charge in [-0.05, 0) is 53.8 Å². The molecule has 0 aliphatic heterocycles. The number of anilines is 1. The highest BCUT2D eigenvalue weighted by Gasteiger charge is 2.24. The van der Waals surface area contributed by atoms with E-state index in [0.717, 1.165) is 5.56 Å². The first kappa shape index (κ1) is 24.8. The molecule has 1 unspecified atom stereocenters. The number of nitrogen functional groups attached to an aromatic ring is 1. The first-order valence-corrected chi connectivity index (χ1v) is 12.6. The van der Waals surface area contributed by atoms with Crippen LogP contribution < -0.4 is 22.2 Å². The molecular formula is C30H25N7O3. The van der Waals surface area contributed by atoms with Crippen molar-refractivity contribution in [3.63, 3.8) is 0 Å². The van der Waals surface area contributed by atoms with Gasteiger partial charge in [0.1, 0.15) is 5.56 Å². The molecule has 1 atom stereocenters. The zero-order chi connectivity index (χ0) is 28.0. The van der Waals surface area contributed by atoms with Gasteiger partial charge < -0.3 is 15.6 Å². The largest absolute Gasteiger partial charge is 0.381 e. The Morgan fingerprint density at radius 2 is 1.80 bits per heavy atom. The molecule has 198 valence electrons. The van der Waals surface area contributed by atoms with Gasteiger partial charge in [0, 0.05) is 43.1 Å². The number of carbonyl (C=O) groups excluding carboxylic acids is 1. The van der Waals surface area contributed by atoms with Crippen LogP contribution in [-0.4, -0.2) is 29.6 Å². The number of pyridine rings is 2. The van der Waals surface area contributed by atoms with Crippen LogP contribution in [0, 0.1) is 0 Å². The Morgan fingerprint density at radius 3 is 2.58 bits per heavy atom. The molecule has 10 nitrogen and oxygen atoms in total. The SMILES string of the molecule is CC(NC(=O)c1c(N)nn2cccnc12)c1cc2cccc(-c3ccc(=O)n(C)c3)c2c(=O)n1-c1ccccc1. The minimum atomic E-state index is -0.593. The van der Waals surface area contributed by atoms with Gasteiger partial charge in [0.15, 0.2) is 11.5 Å². The van der Waals surface area contributed by atoms with E-state index in [9.17, 15) is 14.4 Å². The lowest BCUT2D eigenvalue weighted by Crippen LogP contribution is -2.32. The summed E-state index contributed by atoms with van der Waals surface area (Å²) in [6.07, 6.45) is 4.95. The number of aromatic nitrogens is 5. The summed E-state index contributed by atoms with van der Waals surface area (Å²) in [7, 11) is 1.67. The predicted molar refractivity (Wildman–Crippen MR) is 154 cm³/mol. The number of para-hydroxylation sites is 1. The highest BCUT2D eigenvalue weighted by molar-refractivity contribution is 6.04. The van der Waals surface area contributed by atoms with E-state index >= 15 is 0 Å². The average Bonchev–Trinajstić information content (AvgIpc) is 3.30. The number of nitrogens with zero attached hydrogens (tertiary/aromatic N) is 5. The number of fused-ring (bicyclic) bond motifs is 2. The van der Waals surface area contributed by atoms with Crippen molar-refractivity contribution in [1.82, 2.24) is 29.0 Å². The lowest BCUT2D eigenvalue weighted by molar-refractivity contribution is 0.0941. The van der Waals surface area contributed by atoms with Crippen molar-refractivity contribution in [2.24, 2.45) is 7.05 Å². The molecule has 6 rings (SSSR count). The first-order valence-electron chi connectivity index (χ1n) is 12.6. The molecule has 4 aromatic heterocycles. The van der Waals surface area contributed by atoms with Crippen molar-refractivity contribution >= 4 is 28.1 Å². The molecule has 0 saturated carbocycles. The molecule has 0 spiro atoms. The molecule has 0 aliphatic rings. The molecule has 6 aromatic rings. The summed E-state index contributed by atoms with van der Waals surface area (Å²) in [5.41, 5.74) is 8.87. The monoisotopic (exact) mass is 531 g/mol. The number of aryl methyl sites for hydroxylation is 1. The Morgan fingerprint density at radius 1 is 1.00 bits per heavy atom. The van der Waals surface area contributed by atoms with Gasteiger partial charge in [-0.2, -0.15) is 0 Å². The molecule has 3 N–H and O–H groups in total. The van der Waals surface area contributed by atoms with E-state index in [0.29, 0.717) is 33.4 Å². The molecule has 0 fully saturated rings. The van der Waals surface area contributed by atoms with Gasteiger partial charge in [-0.1, -0.05) is 36.4 Å². The Balaban J connectivity index is 1.52. The molecule has 4 heterocycles. The quantitative estimate of drug-likeness (QED) is 0.351. The number of hydrogen-bond acceptors (Lipinski definition) is 6. The van der Waals surface area contributed by atoms with Crippen LogP contribution >= 0.6 is 0 Å². The topological polar surface area (TPSA) is 129 Å². The van der Waals surface area contributed by atoms with Crippen LogP contribution in [0.5, 0.6) is 0 Å². The minimum Gasteiger partial charge on any atom is -0.381 e. The third kappa shape index (κ3) is 4.11. The smallest absolute Gasteiger partial charge is 0.263 e. The maximum atomic E-state index is 14.3. The van der Waals surface area contributed by atoms with Crippen molar-refractivity contribution in [3.8, 4) is 16.8 Å². The van der Waals surface area contributed by atoms with E-state index in [1.54, 1.807) is 42.3 Å². The van der Waals surface area contributed by atoms with Gasteiger partial charge in [0.25, 0.3) is 11.5 Å². The number of carbonyl (C=O) groups is 1. The Bertz CT molecular complexity index is 2040. The van der Waals surface area contributed by atoms with Gasteiger partial charge >= 0.3 is 0 Å². The van der Waals surface area contributed by atoms with Crippen molar-refractivity contribution in [2.75, 3.05) is 5.73 Å². The molecule has 2 aromatic carbocycles. The summed E-state index contributed by atoms with van der Waals surface area (Å²) in [4.78, 5) is 44.0. The van der Waals surface area contributed by atoms with E-state index in [1.807, 2.05) is 61.5 Å². The Kier molecular flexibility index (Phi) is 5.99. The molecule has 0 aliphatic carbocycles. The fourth-order valence-corrected chi connectivity index (χ4v) is 5.00. The summed E-state index contributed by atoms with van der Waals surface area (Å²) in [6, 6.07) is 21.1. The lowest BCUT2D eigenvalue weighted by Gasteiger charge is -2.21. The van der Waals surface area contributed by atoms with Gasteiger partial charge in [-0.15, -0.1) is 5.10 Å². The molecule has 0 saturated heterocycles. The lowest BCUT2D eigenvalue weighted by atomic mass is 9.98. The Hall–Kier alpha value is -5.51. The number of benzene rings is 2. The molecule has 0 radical (unpaired) electrons. The zero-order valence-electron chi connectivity index (χ0n) is 21.8. The van der Waals surface area contributed by atoms with Crippen molar-refractivity contribution in [2.45, 2.75) is 13.0 Å². The van der Waals surface area contributed by atoms with Crippen LogP contribution in [-0.2, 0) is 7.05 Å². The van der Waals surface area contributed by atoms with E-state index in [1.165, 1.54) is 15.1 Å². The maximum absolute atomic E-state index is 14.3. The van der Waals surface area contributed by atoms with E-state index in [2.05, 4.69) is 15.4 Å². The minimum absolute atomic E-state index is 0.0595. The highest BCUT2D eigenvalue weighted by atomic mass is 16.2. The Labute approximate surface area is 228 Å². The van der Waals surface area contributed by atoms with E-state index in [4.69, 9.17) is 5.73 Å². The summed E-state index contributed by atoms with van der Waals surface area (Å²) in [5.74, 6) is -0.394. The van der Waals surface area contributed by atoms with Crippen LogP contribution in [0.1, 0.15) is 29.0 Å². The summed E-state index contributed by atoms with van der Waals surface area (Å²) in [5, 5.41) is 8.37. The maximum Gasteiger partial charge on any atom is 0.263 e. The fourth-order valence-electron chi connectivity index (χ4n) is 5.00. The molecule has 0 bridgehead atoms. The second-order valence-corrected chi connectivity index (χ2v) is 9.53. The molecular weight excluding hydrogens is 506 g/mol. The zero-order valence-corrected chi connectivity index (χ0v) is 21.8. The number of rotatable bonds is 5. The van der Waals surface area contributed by atoms with Crippen LogP contribution in [0.2, 0.25) is 0 Å². The van der Waals surface area contributed by atoms with Crippen molar-refractivity contribution in [1.29, 1.82) is 0 Å². The third-order valence-electron chi connectivity index (χ3n) is 6.93. The van der Waals surface area contributed by atoms with Crippen molar-refractivity contribution in [3.05, 3.63) is 123 Å². The number of hydrogen-bond donors (Lipinski definition) is 2. The summed E-state index contributed by atoms with van der Waals surface area (Å²) >= 11 is 0. The summed E-state index contributed by atoms with van der Waals surface area (Å²) < 4.78 is 4.54. The van der Waals surface area contributed by atoms with Crippen LogP contribution in [0.25, 0.3) is 33.2 Å². The van der Waals surface area contributed by atoms with E-state index < -0.39 is 11.9 Å². The van der Waals surface area contributed by atoms with Crippen molar-refractivity contribution < 1.29 is 4.79 Å². The highest BCUT2D eigenvalue weighted by Crippen LogP contribution is 2.29. The van der Waals surface area contributed by atoms with Crippen LogP contribution in [0.3, 0.4) is 0 Å². The average molecular weight is 532 g/mol. The van der Waals surface area contributed by atoms with E-state index in [-0.39, 0.29) is 22.5 Å². The predicted octanol–water partition coefficient (Wildman–Crippen LogP) is 3.47. The number of nitrogens with two attached hydrogens (primary N) is 1. The molecule has 1 amide bonds. The second-order valence-electron chi connectivity index (χ2n) is 9.53. The third-order valence-corrected chi connectivity index (χ3v) is 6.93. The molecule has 10 heteroatoms. The van der Waals surface area contributed by atoms with Gasteiger partial charge in [0.05, 0.1) is 11.4 Å². The van der Waals surface area contributed by atoms with Crippen LogP contribution in [0.4, 0.5) is 5.82 Å². The van der Waals surface area contributed by atoms with Crippen LogP contribution in [0.15, 0.2) is 101 Å². The molecule has 40 heavy (non-hydrogen) atoms. The van der Waals surface area contributed by atoms with Gasteiger partial charge in [-0.25, -0.2) is 9.50 Å². The van der Waals surface area contributed by atoms with Gasteiger partial charge in [-0.3, -0.25) is 19.0 Å². The fraction of sp³-hybridized carbons (Fsp3) is 0.100. The standard InChI is InChI=1S/C30H25N7O3/c1-18(33-29(39)26-27(31)34-36-15-7-14-32-28(26)36)23-16-19-8-6-11-22(20-12-13-24(38)35(2)17-20)25(19)30(40)37(23)21-9-4-3-5-10-21/h3-18H,1-2H3,(H2,31,34)(H,33,39). The second kappa shape index (κ2) is 9.66. The van der Waals surface area contributed by atoms with Gasteiger partial charge in [0.2, 0.25) is 5.56 Å².